The summed E-state index contributed by atoms with van der Waals surface area (Å²) < 4.78 is 38.9. The molecule has 1 aliphatic heterocycles. The van der Waals surface area contributed by atoms with Crippen molar-refractivity contribution in [2.75, 3.05) is 27.3 Å². The molecule has 8 nitrogen and oxygen atoms in total. The first kappa shape index (κ1) is 24.5. The quantitative estimate of drug-likeness (QED) is 0.267. The topological polar surface area (TPSA) is 90.7 Å². The summed E-state index contributed by atoms with van der Waals surface area (Å²) in [6, 6.07) is 21.2. The van der Waals surface area contributed by atoms with Gasteiger partial charge >= 0.3 is 0 Å². The van der Waals surface area contributed by atoms with Crippen LogP contribution in [0.3, 0.4) is 0 Å². The van der Waals surface area contributed by atoms with E-state index in [1.807, 2.05) is 54.7 Å². The van der Waals surface area contributed by atoms with Crippen molar-refractivity contribution in [1.82, 2.24) is 14.1 Å². The first-order valence-electron chi connectivity index (χ1n) is 11.6. The van der Waals surface area contributed by atoms with Gasteiger partial charge in [-0.05, 0) is 66.7 Å². The summed E-state index contributed by atoms with van der Waals surface area (Å²) in [6.45, 7) is 0.984. The Labute approximate surface area is 215 Å². The summed E-state index contributed by atoms with van der Waals surface area (Å²) in [4.78, 5) is 13.0. The van der Waals surface area contributed by atoms with Crippen molar-refractivity contribution in [1.29, 1.82) is 0 Å². The zero-order valence-corrected chi connectivity index (χ0v) is 21.2. The van der Waals surface area contributed by atoms with E-state index in [2.05, 4.69) is 0 Å². The largest absolute Gasteiger partial charge is 0.486 e. The van der Waals surface area contributed by atoms with E-state index in [0.717, 1.165) is 21.1 Å². The maximum absolute atomic E-state index is 12.9. The highest BCUT2D eigenvalue weighted by molar-refractivity contribution is 7.89. The van der Waals surface area contributed by atoms with Crippen LogP contribution in [-0.2, 0) is 10.0 Å². The smallest absolute Gasteiger partial charge is 0.242 e. The van der Waals surface area contributed by atoms with Gasteiger partial charge < -0.3 is 9.47 Å². The molecular weight excluding hydrogens is 490 g/mol. The van der Waals surface area contributed by atoms with Crippen LogP contribution in [0.25, 0.3) is 23.0 Å². The number of nitrogens with zero attached hydrogens (tertiary/aromatic N) is 3. The normalized spacial score (nSPS) is 13.3. The van der Waals surface area contributed by atoms with Gasteiger partial charge in [0.25, 0.3) is 0 Å². The van der Waals surface area contributed by atoms with Gasteiger partial charge in [-0.25, -0.2) is 17.4 Å². The number of para-hydroxylation sites is 1. The minimum absolute atomic E-state index is 0.128. The van der Waals surface area contributed by atoms with Crippen molar-refractivity contribution in [3.05, 3.63) is 96.2 Å². The molecule has 1 aliphatic rings. The van der Waals surface area contributed by atoms with Crippen molar-refractivity contribution >= 4 is 21.9 Å². The van der Waals surface area contributed by atoms with Crippen molar-refractivity contribution < 1.29 is 22.7 Å². The van der Waals surface area contributed by atoms with Gasteiger partial charge in [0.15, 0.2) is 17.3 Å². The van der Waals surface area contributed by atoms with E-state index in [0.29, 0.717) is 36.0 Å². The van der Waals surface area contributed by atoms with Crippen LogP contribution in [0.15, 0.2) is 90.0 Å². The molecule has 0 unspecified atom stereocenters. The molecule has 0 amide bonds. The molecule has 0 N–H and O–H groups in total. The van der Waals surface area contributed by atoms with Gasteiger partial charge in [-0.2, -0.15) is 5.10 Å². The molecule has 5 rings (SSSR count). The Morgan fingerprint density at radius 2 is 1.65 bits per heavy atom. The third-order valence-electron chi connectivity index (χ3n) is 5.91. The molecule has 0 fully saturated rings. The molecule has 0 atom stereocenters. The number of benzene rings is 3. The zero-order chi connectivity index (χ0) is 26.0. The SMILES string of the molecule is CN(C)S(=O)(=O)c1ccc(C(=O)C=Cc2cn(-c3ccccc3)nc2-c2ccc3c(c2)OCCO3)cc1. The molecule has 0 saturated heterocycles. The highest BCUT2D eigenvalue weighted by Crippen LogP contribution is 2.35. The second kappa shape index (κ2) is 10.0. The standard InChI is InChI=1S/C28H25N3O5S/c1-30(2)37(33,34)24-12-8-20(9-13-24)25(32)14-10-22-19-31(23-6-4-3-5-7-23)29-28(22)21-11-15-26-27(18-21)36-17-16-35-26/h3-15,18-19H,16-17H2,1-2H3. The molecule has 9 heteroatoms. The van der Waals surface area contributed by atoms with Crippen molar-refractivity contribution in [2.45, 2.75) is 4.90 Å². The molecule has 0 aliphatic carbocycles. The van der Waals surface area contributed by atoms with Crippen LogP contribution in [0.4, 0.5) is 0 Å². The number of fused-ring (bicyclic) bond motifs is 1. The molecule has 188 valence electrons. The fourth-order valence-electron chi connectivity index (χ4n) is 3.90. The maximum atomic E-state index is 12.9. The van der Waals surface area contributed by atoms with Gasteiger partial charge in [0, 0.05) is 37.0 Å². The van der Waals surface area contributed by atoms with Gasteiger partial charge in [-0.1, -0.05) is 18.2 Å². The number of sulfonamides is 1. The van der Waals surface area contributed by atoms with Gasteiger partial charge in [0.05, 0.1) is 10.6 Å². The average Bonchev–Trinajstić information content (AvgIpc) is 3.36. The number of ether oxygens (including phenoxy) is 2. The third-order valence-corrected chi connectivity index (χ3v) is 7.74. The lowest BCUT2D eigenvalue weighted by Gasteiger charge is -2.18. The van der Waals surface area contributed by atoms with Gasteiger partial charge in [-0.15, -0.1) is 0 Å². The van der Waals surface area contributed by atoms with Crippen LogP contribution in [-0.4, -0.2) is 55.6 Å². The number of carbonyl (C=O) groups is 1. The van der Waals surface area contributed by atoms with E-state index in [9.17, 15) is 13.2 Å². The van der Waals surface area contributed by atoms with Crippen molar-refractivity contribution in [3.8, 4) is 28.4 Å². The minimum Gasteiger partial charge on any atom is -0.486 e. The van der Waals surface area contributed by atoms with E-state index in [1.165, 1.54) is 44.4 Å². The molecule has 0 bridgehead atoms. The number of aromatic nitrogens is 2. The van der Waals surface area contributed by atoms with Crippen LogP contribution in [0.2, 0.25) is 0 Å². The Hall–Kier alpha value is -4.21. The molecule has 2 heterocycles. The van der Waals surface area contributed by atoms with Crippen LogP contribution < -0.4 is 9.47 Å². The summed E-state index contributed by atoms with van der Waals surface area (Å²) >= 11 is 0. The van der Waals surface area contributed by atoms with Crippen LogP contribution in [0.1, 0.15) is 15.9 Å². The van der Waals surface area contributed by atoms with Crippen molar-refractivity contribution in [3.63, 3.8) is 0 Å². The molecule has 1 aromatic heterocycles. The Bertz CT molecular complexity index is 1570. The number of carbonyl (C=O) groups excluding carboxylic acids is 1. The molecule has 4 aromatic rings. The summed E-state index contributed by atoms with van der Waals surface area (Å²) in [5, 5.41) is 4.79. The van der Waals surface area contributed by atoms with Crippen LogP contribution >= 0.6 is 0 Å². The average molecular weight is 516 g/mol. The predicted octanol–water partition coefficient (Wildman–Crippen LogP) is 4.46. The molecule has 0 radical (unpaired) electrons. The molecular formula is C28H25N3O5S. The first-order chi connectivity index (χ1) is 17.8. The minimum atomic E-state index is -3.57. The Balaban J connectivity index is 1.48. The number of ketones is 1. The summed E-state index contributed by atoms with van der Waals surface area (Å²) in [5.74, 6) is 1.08. The monoisotopic (exact) mass is 515 g/mol. The molecule has 0 spiro atoms. The lowest BCUT2D eigenvalue weighted by Crippen LogP contribution is -2.22. The number of allylic oxidation sites excluding steroid dienone is 1. The Morgan fingerprint density at radius 3 is 2.35 bits per heavy atom. The van der Waals surface area contributed by atoms with Crippen LogP contribution in [0.5, 0.6) is 11.5 Å². The summed E-state index contributed by atoms with van der Waals surface area (Å²) in [7, 11) is -0.639. The predicted molar refractivity (Wildman–Crippen MR) is 141 cm³/mol. The van der Waals surface area contributed by atoms with E-state index in [-0.39, 0.29) is 10.7 Å². The second-order valence-corrected chi connectivity index (χ2v) is 10.7. The second-order valence-electron chi connectivity index (χ2n) is 8.58. The van der Waals surface area contributed by atoms with E-state index in [4.69, 9.17) is 14.6 Å². The molecule has 37 heavy (non-hydrogen) atoms. The fraction of sp³-hybridized carbons (Fsp3) is 0.143. The Morgan fingerprint density at radius 1 is 0.946 bits per heavy atom. The van der Waals surface area contributed by atoms with Gasteiger partial charge in [0.1, 0.15) is 18.9 Å². The maximum Gasteiger partial charge on any atom is 0.242 e. The van der Waals surface area contributed by atoms with E-state index in [1.54, 1.807) is 10.8 Å². The number of hydrogen-bond donors (Lipinski definition) is 0. The number of rotatable bonds is 7. The Kier molecular flexibility index (Phi) is 6.64. The molecule has 0 saturated carbocycles. The third kappa shape index (κ3) is 5.04. The summed E-state index contributed by atoms with van der Waals surface area (Å²) in [6.07, 6.45) is 5.03. The van der Waals surface area contributed by atoms with Gasteiger partial charge in [0.2, 0.25) is 10.0 Å². The van der Waals surface area contributed by atoms with Gasteiger partial charge in [-0.3, -0.25) is 4.79 Å². The molecule has 3 aromatic carbocycles. The fourth-order valence-corrected chi connectivity index (χ4v) is 4.80. The lowest BCUT2D eigenvalue weighted by atomic mass is 10.1. The first-order valence-corrected chi connectivity index (χ1v) is 13.1. The lowest BCUT2D eigenvalue weighted by molar-refractivity contribution is 0.104. The van der Waals surface area contributed by atoms with E-state index < -0.39 is 10.0 Å². The zero-order valence-electron chi connectivity index (χ0n) is 20.4. The highest BCUT2D eigenvalue weighted by atomic mass is 32.2. The van der Waals surface area contributed by atoms with Crippen LogP contribution in [0, 0.1) is 0 Å². The highest BCUT2D eigenvalue weighted by Gasteiger charge is 2.18. The van der Waals surface area contributed by atoms with E-state index >= 15 is 0 Å². The number of hydrogen-bond acceptors (Lipinski definition) is 6. The van der Waals surface area contributed by atoms with Crippen molar-refractivity contribution in [2.24, 2.45) is 0 Å². The summed E-state index contributed by atoms with van der Waals surface area (Å²) in [5.41, 5.74) is 3.50.